The summed E-state index contributed by atoms with van der Waals surface area (Å²) in [5.41, 5.74) is 6.36. The molecule has 0 radical (unpaired) electrons. The lowest BCUT2D eigenvalue weighted by Crippen LogP contribution is -2.31. The summed E-state index contributed by atoms with van der Waals surface area (Å²) in [4.78, 5) is 24.5. The molecule has 4 aromatic rings. The predicted octanol–water partition coefficient (Wildman–Crippen LogP) is 5.47. The van der Waals surface area contributed by atoms with Crippen molar-refractivity contribution >= 4 is 16.8 Å². The standard InChI is InChI=1S/C27H24N4O/c1-19-10-11-22(20(2)15-19)26-16-24(23-8-3-4-9-25(23)30-26)27(32)31(14-6-12-28)18-21-7-5-13-29-17-21/h3-5,7-11,13,15-17H,6,14,18H2,1-2H3. The number of carbonyl (C=O) groups is 1. The first-order valence-electron chi connectivity index (χ1n) is 10.6. The summed E-state index contributed by atoms with van der Waals surface area (Å²) in [6.07, 6.45) is 3.72. The number of benzene rings is 2. The fourth-order valence-corrected chi connectivity index (χ4v) is 3.91. The molecular weight excluding hydrogens is 396 g/mol. The topological polar surface area (TPSA) is 69.9 Å². The van der Waals surface area contributed by atoms with Crippen LogP contribution in [0.3, 0.4) is 0 Å². The molecule has 158 valence electrons. The molecule has 2 aromatic carbocycles. The van der Waals surface area contributed by atoms with Gasteiger partial charge in [-0.2, -0.15) is 5.26 Å². The molecule has 0 N–H and O–H groups in total. The van der Waals surface area contributed by atoms with Crippen LogP contribution >= 0.6 is 0 Å². The molecule has 0 saturated heterocycles. The van der Waals surface area contributed by atoms with E-state index >= 15 is 0 Å². The van der Waals surface area contributed by atoms with Crippen LogP contribution in [0.4, 0.5) is 0 Å². The number of fused-ring (bicyclic) bond motifs is 1. The summed E-state index contributed by atoms with van der Waals surface area (Å²) in [6, 6.07) is 21.8. The molecule has 0 aliphatic carbocycles. The molecule has 5 heteroatoms. The number of aromatic nitrogens is 2. The summed E-state index contributed by atoms with van der Waals surface area (Å²) in [5, 5.41) is 9.95. The van der Waals surface area contributed by atoms with E-state index in [0.717, 1.165) is 33.3 Å². The quantitative estimate of drug-likeness (QED) is 0.415. The highest BCUT2D eigenvalue weighted by Crippen LogP contribution is 2.28. The van der Waals surface area contributed by atoms with Crippen LogP contribution in [-0.4, -0.2) is 27.3 Å². The van der Waals surface area contributed by atoms with E-state index in [-0.39, 0.29) is 12.3 Å². The number of nitrogens with zero attached hydrogens (tertiary/aromatic N) is 4. The van der Waals surface area contributed by atoms with Gasteiger partial charge in [-0.3, -0.25) is 9.78 Å². The molecule has 2 heterocycles. The number of hydrogen-bond donors (Lipinski definition) is 0. The van der Waals surface area contributed by atoms with Crippen molar-refractivity contribution in [3.63, 3.8) is 0 Å². The number of aryl methyl sites for hydroxylation is 2. The normalized spacial score (nSPS) is 10.7. The smallest absolute Gasteiger partial charge is 0.254 e. The fourth-order valence-electron chi connectivity index (χ4n) is 3.91. The number of nitriles is 1. The van der Waals surface area contributed by atoms with Crippen molar-refractivity contribution in [1.29, 1.82) is 5.26 Å². The molecule has 2 aromatic heterocycles. The number of pyridine rings is 2. The first kappa shape index (κ1) is 21.2. The molecule has 0 aliphatic rings. The van der Waals surface area contributed by atoms with Gasteiger partial charge in [0.25, 0.3) is 5.91 Å². The second kappa shape index (κ2) is 9.40. The maximum absolute atomic E-state index is 13.8. The highest BCUT2D eigenvalue weighted by molar-refractivity contribution is 6.07. The van der Waals surface area contributed by atoms with Crippen molar-refractivity contribution in [2.45, 2.75) is 26.8 Å². The van der Waals surface area contributed by atoms with E-state index < -0.39 is 0 Å². The maximum atomic E-state index is 13.8. The molecule has 0 fully saturated rings. The van der Waals surface area contributed by atoms with Crippen LogP contribution in [0, 0.1) is 25.2 Å². The summed E-state index contributed by atoms with van der Waals surface area (Å²) in [7, 11) is 0. The average molecular weight is 421 g/mol. The van der Waals surface area contributed by atoms with E-state index in [9.17, 15) is 4.79 Å². The van der Waals surface area contributed by atoms with Crippen LogP contribution < -0.4 is 0 Å². The zero-order valence-corrected chi connectivity index (χ0v) is 18.2. The second-order valence-electron chi connectivity index (χ2n) is 7.89. The van der Waals surface area contributed by atoms with Crippen molar-refractivity contribution in [3.8, 4) is 17.3 Å². The SMILES string of the molecule is Cc1ccc(-c2cc(C(=O)N(CCC#N)Cc3cccnc3)c3ccccc3n2)c(C)c1. The average Bonchev–Trinajstić information content (AvgIpc) is 2.81. The van der Waals surface area contributed by atoms with Crippen molar-refractivity contribution in [2.75, 3.05) is 6.54 Å². The minimum absolute atomic E-state index is 0.117. The Labute approximate surface area is 188 Å². The number of amides is 1. The minimum Gasteiger partial charge on any atom is -0.333 e. The Morgan fingerprint density at radius 3 is 2.66 bits per heavy atom. The van der Waals surface area contributed by atoms with Gasteiger partial charge in [0, 0.05) is 36.4 Å². The third kappa shape index (κ3) is 4.50. The Morgan fingerprint density at radius 2 is 1.91 bits per heavy atom. The van der Waals surface area contributed by atoms with Gasteiger partial charge in [0.2, 0.25) is 0 Å². The third-order valence-corrected chi connectivity index (χ3v) is 5.48. The van der Waals surface area contributed by atoms with Gasteiger partial charge in [-0.25, -0.2) is 4.98 Å². The Bertz CT molecular complexity index is 1310. The summed E-state index contributed by atoms with van der Waals surface area (Å²) in [5.74, 6) is -0.117. The lowest BCUT2D eigenvalue weighted by atomic mass is 9.99. The number of para-hydroxylation sites is 1. The monoisotopic (exact) mass is 420 g/mol. The highest BCUT2D eigenvalue weighted by Gasteiger charge is 2.21. The van der Waals surface area contributed by atoms with Gasteiger partial charge < -0.3 is 4.90 Å². The van der Waals surface area contributed by atoms with Gasteiger partial charge in [-0.15, -0.1) is 0 Å². The van der Waals surface area contributed by atoms with E-state index in [4.69, 9.17) is 10.2 Å². The van der Waals surface area contributed by atoms with E-state index in [2.05, 4.69) is 43.1 Å². The first-order chi connectivity index (χ1) is 15.6. The Balaban J connectivity index is 1.81. The van der Waals surface area contributed by atoms with Crippen LogP contribution in [0.1, 0.15) is 33.5 Å². The van der Waals surface area contributed by atoms with Gasteiger partial charge in [-0.1, -0.05) is 48.0 Å². The van der Waals surface area contributed by atoms with E-state index in [1.807, 2.05) is 42.5 Å². The van der Waals surface area contributed by atoms with Crippen LogP contribution in [0.15, 0.2) is 73.1 Å². The second-order valence-corrected chi connectivity index (χ2v) is 7.89. The predicted molar refractivity (Wildman–Crippen MR) is 126 cm³/mol. The lowest BCUT2D eigenvalue weighted by molar-refractivity contribution is 0.0748. The Hall–Kier alpha value is -4.04. The molecule has 0 unspecified atom stereocenters. The van der Waals surface area contributed by atoms with Gasteiger partial charge in [0.1, 0.15) is 0 Å². The molecule has 32 heavy (non-hydrogen) atoms. The summed E-state index contributed by atoms with van der Waals surface area (Å²) < 4.78 is 0. The number of hydrogen-bond acceptors (Lipinski definition) is 4. The third-order valence-electron chi connectivity index (χ3n) is 5.48. The van der Waals surface area contributed by atoms with Gasteiger partial charge in [0.15, 0.2) is 0 Å². The van der Waals surface area contributed by atoms with Crippen LogP contribution in [0.5, 0.6) is 0 Å². The Morgan fingerprint density at radius 1 is 1.06 bits per heavy atom. The Kier molecular flexibility index (Phi) is 6.23. The number of carbonyl (C=O) groups excluding carboxylic acids is 1. The molecule has 0 spiro atoms. The van der Waals surface area contributed by atoms with E-state index in [1.54, 1.807) is 17.3 Å². The van der Waals surface area contributed by atoms with Crippen molar-refractivity contribution in [2.24, 2.45) is 0 Å². The zero-order valence-electron chi connectivity index (χ0n) is 18.2. The molecule has 0 atom stereocenters. The molecule has 1 amide bonds. The van der Waals surface area contributed by atoms with Crippen molar-refractivity contribution in [1.82, 2.24) is 14.9 Å². The maximum Gasteiger partial charge on any atom is 0.254 e. The van der Waals surface area contributed by atoms with Gasteiger partial charge in [0.05, 0.1) is 29.3 Å². The minimum atomic E-state index is -0.117. The van der Waals surface area contributed by atoms with Crippen LogP contribution in [0.2, 0.25) is 0 Å². The molecule has 0 saturated carbocycles. The zero-order chi connectivity index (χ0) is 22.5. The van der Waals surface area contributed by atoms with Crippen LogP contribution in [-0.2, 0) is 6.54 Å². The molecule has 0 bridgehead atoms. The van der Waals surface area contributed by atoms with E-state index in [1.165, 1.54) is 5.56 Å². The number of rotatable bonds is 6. The van der Waals surface area contributed by atoms with Gasteiger partial charge in [-0.05, 0) is 43.2 Å². The largest absolute Gasteiger partial charge is 0.333 e. The molecule has 5 nitrogen and oxygen atoms in total. The van der Waals surface area contributed by atoms with Crippen LogP contribution in [0.25, 0.3) is 22.2 Å². The van der Waals surface area contributed by atoms with E-state index in [0.29, 0.717) is 18.7 Å². The molecule has 4 rings (SSSR count). The van der Waals surface area contributed by atoms with Gasteiger partial charge >= 0.3 is 0 Å². The summed E-state index contributed by atoms with van der Waals surface area (Å²) in [6.45, 7) is 4.86. The lowest BCUT2D eigenvalue weighted by Gasteiger charge is -2.23. The van der Waals surface area contributed by atoms with Crippen molar-refractivity contribution < 1.29 is 4.79 Å². The fraction of sp³-hybridized carbons (Fsp3) is 0.185. The molecule has 0 aliphatic heterocycles. The first-order valence-corrected chi connectivity index (χ1v) is 10.6. The molecular formula is C27H24N4O. The highest BCUT2D eigenvalue weighted by atomic mass is 16.2. The van der Waals surface area contributed by atoms with Crippen molar-refractivity contribution in [3.05, 3.63) is 95.3 Å². The summed E-state index contributed by atoms with van der Waals surface area (Å²) >= 11 is 0.